The fourth-order valence-electron chi connectivity index (χ4n) is 3.70. The molecule has 33 heavy (non-hydrogen) atoms. The molecule has 0 spiro atoms. The standard InChI is InChI=1S/C24H25ClN4O3S/c1-32-12-11-29(24(31)26-20-8-4-7-19(25)13-20)15-22-27-21(16-33-22)23(30)28-10-9-17-5-2-3-6-18(17)14-28/h2-8,13,16H,9-12,14-15H2,1H3,(H,26,31). The van der Waals surface area contributed by atoms with E-state index in [0.29, 0.717) is 47.7 Å². The molecular weight excluding hydrogens is 460 g/mol. The van der Waals surface area contributed by atoms with Gasteiger partial charge in [-0.3, -0.25) is 4.79 Å². The van der Waals surface area contributed by atoms with Crippen molar-refractivity contribution in [3.8, 4) is 0 Å². The minimum absolute atomic E-state index is 0.0844. The van der Waals surface area contributed by atoms with E-state index in [0.717, 1.165) is 6.42 Å². The number of ether oxygens (including phenoxy) is 1. The van der Waals surface area contributed by atoms with Crippen molar-refractivity contribution < 1.29 is 14.3 Å². The molecule has 0 bridgehead atoms. The van der Waals surface area contributed by atoms with Crippen LogP contribution >= 0.6 is 22.9 Å². The van der Waals surface area contributed by atoms with Crippen molar-refractivity contribution in [2.45, 2.75) is 19.5 Å². The number of thiazole rings is 1. The lowest BCUT2D eigenvalue weighted by Gasteiger charge is -2.28. The molecule has 0 saturated carbocycles. The highest BCUT2D eigenvalue weighted by molar-refractivity contribution is 7.09. The normalized spacial score (nSPS) is 12.8. The molecule has 0 atom stereocenters. The summed E-state index contributed by atoms with van der Waals surface area (Å²) in [6.07, 6.45) is 0.841. The van der Waals surface area contributed by atoms with E-state index < -0.39 is 0 Å². The number of rotatable bonds is 7. The molecule has 2 heterocycles. The molecule has 0 fully saturated rings. The number of carbonyl (C=O) groups is 2. The molecule has 0 radical (unpaired) electrons. The van der Waals surface area contributed by atoms with Gasteiger partial charge < -0.3 is 19.9 Å². The zero-order valence-corrected chi connectivity index (χ0v) is 19.9. The molecule has 0 unspecified atom stereocenters. The summed E-state index contributed by atoms with van der Waals surface area (Å²) in [5.41, 5.74) is 3.49. The Balaban J connectivity index is 1.42. The van der Waals surface area contributed by atoms with Crippen molar-refractivity contribution >= 4 is 40.6 Å². The molecule has 4 rings (SSSR count). The van der Waals surface area contributed by atoms with Gasteiger partial charge in [0.2, 0.25) is 0 Å². The molecule has 1 N–H and O–H groups in total. The van der Waals surface area contributed by atoms with Crippen molar-refractivity contribution in [3.63, 3.8) is 0 Å². The summed E-state index contributed by atoms with van der Waals surface area (Å²) < 4.78 is 5.16. The first-order valence-corrected chi connectivity index (χ1v) is 11.9. The van der Waals surface area contributed by atoms with Crippen LogP contribution in [0.5, 0.6) is 0 Å². The minimum Gasteiger partial charge on any atom is -0.383 e. The maximum Gasteiger partial charge on any atom is 0.322 e. The van der Waals surface area contributed by atoms with Crippen molar-refractivity contribution in [1.29, 1.82) is 0 Å². The third-order valence-corrected chi connectivity index (χ3v) is 6.51. The Hall–Kier alpha value is -2.94. The number of amides is 3. The van der Waals surface area contributed by atoms with Gasteiger partial charge in [-0.25, -0.2) is 9.78 Å². The van der Waals surface area contributed by atoms with E-state index in [9.17, 15) is 9.59 Å². The monoisotopic (exact) mass is 484 g/mol. The first-order valence-electron chi connectivity index (χ1n) is 10.6. The molecule has 172 valence electrons. The lowest BCUT2D eigenvalue weighted by molar-refractivity contribution is 0.0729. The Morgan fingerprint density at radius 1 is 1.21 bits per heavy atom. The van der Waals surface area contributed by atoms with E-state index in [4.69, 9.17) is 16.3 Å². The van der Waals surface area contributed by atoms with Gasteiger partial charge in [0.05, 0.1) is 13.2 Å². The van der Waals surface area contributed by atoms with Crippen molar-refractivity contribution in [2.24, 2.45) is 0 Å². The van der Waals surface area contributed by atoms with Gasteiger partial charge >= 0.3 is 6.03 Å². The number of nitrogens with zero attached hydrogens (tertiary/aromatic N) is 3. The largest absolute Gasteiger partial charge is 0.383 e. The molecule has 1 aliphatic heterocycles. The average Bonchev–Trinajstić information content (AvgIpc) is 3.29. The number of hydrogen-bond donors (Lipinski definition) is 1. The lowest BCUT2D eigenvalue weighted by Crippen LogP contribution is -2.37. The molecular formula is C24H25ClN4O3S. The van der Waals surface area contributed by atoms with Crippen LogP contribution in [0.2, 0.25) is 5.02 Å². The first kappa shape index (κ1) is 23.2. The average molecular weight is 485 g/mol. The third kappa shape index (κ3) is 5.90. The number of methoxy groups -OCH3 is 1. The quantitative estimate of drug-likeness (QED) is 0.528. The Morgan fingerprint density at radius 2 is 2.03 bits per heavy atom. The number of fused-ring (bicyclic) bond motifs is 1. The molecule has 3 aromatic rings. The highest BCUT2D eigenvalue weighted by atomic mass is 35.5. The third-order valence-electron chi connectivity index (χ3n) is 5.44. The Morgan fingerprint density at radius 3 is 2.82 bits per heavy atom. The van der Waals surface area contributed by atoms with Crippen molar-refractivity contribution in [2.75, 3.05) is 32.1 Å². The van der Waals surface area contributed by atoms with E-state index in [1.165, 1.54) is 22.5 Å². The summed E-state index contributed by atoms with van der Waals surface area (Å²) in [6, 6.07) is 14.9. The molecule has 1 aliphatic rings. The number of aromatic nitrogens is 1. The minimum atomic E-state index is -0.287. The lowest BCUT2D eigenvalue weighted by atomic mass is 10.00. The van der Waals surface area contributed by atoms with Crippen LogP contribution in [0, 0.1) is 0 Å². The fourth-order valence-corrected chi connectivity index (χ4v) is 4.67. The van der Waals surface area contributed by atoms with Crippen LogP contribution in [0.3, 0.4) is 0 Å². The topological polar surface area (TPSA) is 74.8 Å². The van der Waals surface area contributed by atoms with Crippen LogP contribution in [0.25, 0.3) is 0 Å². The summed E-state index contributed by atoms with van der Waals surface area (Å²) in [5.74, 6) is -0.0844. The number of carbonyl (C=O) groups excluding carboxylic acids is 2. The fraction of sp³-hybridized carbons (Fsp3) is 0.292. The van der Waals surface area contributed by atoms with Crippen molar-refractivity contribution in [3.05, 3.63) is 80.8 Å². The summed E-state index contributed by atoms with van der Waals surface area (Å²) in [5, 5.41) is 5.85. The summed E-state index contributed by atoms with van der Waals surface area (Å²) >= 11 is 7.39. The number of anilines is 1. The number of nitrogens with one attached hydrogen (secondary N) is 1. The van der Waals surface area contributed by atoms with Crippen molar-refractivity contribution in [1.82, 2.24) is 14.8 Å². The molecule has 7 nitrogen and oxygen atoms in total. The maximum atomic E-state index is 13.0. The van der Waals surface area contributed by atoms with Gasteiger partial charge in [0.15, 0.2) is 0 Å². The van der Waals surface area contributed by atoms with Crippen LogP contribution in [-0.2, 0) is 24.2 Å². The van der Waals surface area contributed by atoms with E-state index in [1.807, 2.05) is 17.0 Å². The number of halogens is 1. The molecule has 0 saturated heterocycles. The van der Waals surface area contributed by atoms with E-state index >= 15 is 0 Å². The van der Waals surface area contributed by atoms with E-state index in [1.54, 1.807) is 41.7 Å². The Labute approximate surface area is 201 Å². The SMILES string of the molecule is COCCN(Cc1nc(C(=O)N2CCc3ccccc3C2)cs1)C(=O)Nc1cccc(Cl)c1. The van der Waals surface area contributed by atoms with Gasteiger partial charge in [0.1, 0.15) is 10.7 Å². The molecule has 9 heteroatoms. The first-order chi connectivity index (χ1) is 16.0. The van der Waals surface area contributed by atoms with E-state index in [2.05, 4.69) is 22.4 Å². The summed E-state index contributed by atoms with van der Waals surface area (Å²) in [7, 11) is 1.59. The Bertz CT molecular complexity index is 1140. The number of urea groups is 1. The van der Waals surface area contributed by atoms with Gasteiger partial charge in [-0.15, -0.1) is 11.3 Å². The van der Waals surface area contributed by atoms with Gasteiger partial charge in [-0.05, 0) is 35.7 Å². The van der Waals surface area contributed by atoms with Gasteiger partial charge in [-0.1, -0.05) is 41.9 Å². The summed E-state index contributed by atoms with van der Waals surface area (Å²) in [6.45, 7) is 2.30. The zero-order chi connectivity index (χ0) is 23.2. The van der Waals surface area contributed by atoms with Gasteiger partial charge in [-0.2, -0.15) is 0 Å². The second-order valence-electron chi connectivity index (χ2n) is 7.73. The Kier molecular flexibility index (Phi) is 7.59. The number of hydrogen-bond acceptors (Lipinski definition) is 5. The second-order valence-corrected chi connectivity index (χ2v) is 9.11. The maximum absolute atomic E-state index is 13.0. The summed E-state index contributed by atoms with van der Waals surface area (Å²) in [4.78, 5) is 33.9. The zero-order valence-electron chi connectivity index (χ0n) is 18.3. The molecule has 1 aromatic heterocycles. The highest BCUT2D eigenvalue weighted by Crippen LogP contribution is 2.22. The predicted octanol–water partition coefficient (Wildman–Crippen LogP) is 4.68. The highest BCUT2D eigenvalue weighted by Gasteiger charge is 2.24. The van der Waals surface area contributed by atoms with Crippen LogP contribution in [-0.4, -0.2) is 53.5 Å². The van der Waals surface area contributed by atoms with Crippen LogP contribution in [0.4, 0.5) is 10.5 Å². The van der Waals surface area contributed by atoms with Crippen LogP contribution in [0.15, 0.2) is 53.9 Å². The molecule has 3 amide bonds. The van der Waals surface area contributed by atoms with Crippen LogP contribution < -0.4 is 5.32 Å². The second kappa shape index (κ2) is 10.8. The number of benzene rings is 2. The van der Waals surface area contributed by atoms with Gasteiger partial charge in [0.25, 0.3) is 5.91 Å². The van der Waals surface area contributed by atoms with E-state index in [-0.39, 0.29) is 18.5 Å². The predicted molar refractivity (Wildman–Crippen MR) is 130 cm³/mol. The smallest absolute Gasteiger partial charge is 0.322 e. The molecule has 0 aliphatic carbocycles. The van der Waals surface area contributed by atoms with Gasteiger partial charge in [0, 0.05) is 42.8 Å². The molecule has 2 aromatic carbocycles. The van der Waals surface area contributed by atoms with Crippen LogP contribution in [0.1, 0.15) is 26.6 Å².